The molecule has 0 atom stereocenters. The molecule has 0 spiro atoms. The Morgan fingerprint density at radius 1 is 0.300 bits per heavy atom. The van der Waals surface area contributed by atoms with E-state index in [2.05, 4.69) is 109 Å². The number of hydrogen-bond donors (Lipinski definition) is 0. The Morgan fingerprint density at radius 2 is 0.800 bits per heavy atom. The topological polar surface area (TPSA) is 0 Å². The standard InChI is InChI=1S/C30H18/c1-2-9-21-18-29-27-16-15-24(23-12-5-10-19-7-3-4-11-22(19)23)25-13-6-14-26(30(25)27)28(29)17-20(21)8-1/h1-18H. The first kappa shape index (κ1) is 16.0. The SMILES string of the molecule is c1ccc2cc3c(cc2c1)-c1cccc2c(-c4cccc5ccccc45)ccc-3c12. The minimum atomic E-state index is 1.28. The molecule has 0 saturated heterocycles. The summed E-state index contributed by atoms with van der Waals surface area (Å²) in [4.78, 5) is 0. The van der Waals surface area contributed by atoms with Crippen LogP contribution in [-0.4, -0.2) is 0 Å². The quantitative estimate of drug-likeness (QED) is 0.269. The minimum Gasteiger partial charge on any atom is -0.0616 e. The van der Waals surface area contributed by atoms with Crippen molar-refractivity contribution >= 4 is 32.3 Å². The largest absolute Gasteiger partial charge is 0.0616 e. The Labute approximate surface area is 175 Å². The van der Waals surface area contributed by atoms with Gasteiger partial charge in [-0.25, -0.2) is 0 Å². The van der Waals surface area contributed by atoms with Gasteiger partial charge in [-0.05, 0) is 77.8 Å². The third-order valence-corrected chi connectivity index (χ3v) is 6.59. The Kier molecular flexibility index (Phi) is 3.09. The summed E-state index contributed by atoms with van der Waals surface area (Å²) in [6.07, 6.45) is 0. The van der Waals surface area contributed by atoms with Crippen LogP contribution < -0.4 is 0 Å². The number of fused-ring (bicyclic) bond motifs is 5. The van der Waals surface area contributed by atoms with Gasteiger partial charge in [-0.2, -0.15) is 0 Å². The number of rotatable bonds is 1. The van der Waals surface area contributed by atoms with E-state index >= 15 is 0 Å². The molecule has 0 nitrogen and oxygen atoms in total. The zero-order chi connectivity index (χ0) is 19.7. The van der Waals surface area contributed by atoms with Crippen LogP contribution >= 0.6 is 0 Å². The van der Waals surface area contributed by atoms with Crippen LogP contribution in [0.2, 0.25) is 0 Å². The molecule has 0 aliphatic heterocycles. The van der Waals surface area contributed by atoms with Crippen molar-refractivity contribution in [1.29, 1.82) is 0 Å². The molecule has 6 aromatic carbocycles. The van der Waals surface area contributed by atoms with Crippen LogP contribution in [0.4, 0.5) is 0 Å². The number of benzene rings is 6. The first-order chi connectivity index (χ1) is 14.9. The molecule has 0 aromatic heterocycles. The molecule has 0 saturated carbocycles. The molecule has 0 unspecified atom stereocenters. The average molecular weight is 378 g/mol. The molecule has 0 fully saturated rings. The van der Waals surface area contributed by atoms with E-state index in [0.717, 1.165) is 0 Å². The molecule has 1 aliphatic rings. The van der Waals surface area contributed by atoms with Crippen LogP contribution in [0.15, 0.2) is 109 Å². The van der Waals surface area contributed by atoms with Crippen molar-refractivity contribution in [3.8, 4) is 33.4 Å². The van der Waals surface area contributed by atoms with Gasteiger partial charge in [-0.3, -0.25) is 0 Å². The predicted octanol–water partition coefficient (Wildman–Crippen LogP) is 8.46. The summed E-state index contributed by atoms with van der Waals surface area (Å²) >= 11 is 0. The van der Waals surface area contributed by atoms with Gasteiger partial charge in [0.15, 0.2) is 0 Å². The Bertz CT molecular complexity index is 1580. The summed E-state index contributed by atoms with van der Waals surface area (Å²) in [6.45, 7) is 0. The average Bonchev–Trinajstić information content (AvgIpc) is 3.12. The van der Waals surface area contributed by atoms with Crippen LogP contribution in [0.5, 0.6) is 0 Å². The zero-order valence-corrected chi connectivity index (χ0v) is 16.4. The minimum absolute atomic E-state index is 1.28. The van der Waals surface area contributed by atoms with Gasteiger partial charge in [0.2, 0.25) is 0 Å². The summed E-state index contributed by atoms with van der Waals surface area (Å²) < 4.78 is 0. The van der Waals surface area contributed by atoms with E-state index < -0.39 is 0 Å². The first-order valence-electron chi connectivity index (χ1n) is 10.5. The highest BCUT2D eigenvalue weighted by Crippen LogP contribution is 2.50. The van der Waals surface area contributed by atoms with E-state index in [1.54, 1.807) is 0 Å². The highest BCUT2D eigenvalue weighted by atomic mass is 14.3. The van der Waals surface area contributed by atoms with Gasteiger partial charge in [0.1, 0.15) is 0 Å². The maximum atomic E-state index is 2.36. The second kappa shape index (κ2) is 5.81. The third-order valence-electron chi connectivity index (χ3n) is 6.59. The zero-order valence-electron chi connectivity index (χ0n) is 16.4. The van der Waals surface area contributed by atoms with Crippen molar-refractivity contribution in [3.63, 3.8) is 0 Å². The molecule has 7 rings (SSSR count). The maximum Gasteiger partial charge on any atom is -0.00201 e. The van der Waals surface area contributed by atoms with E-state index in [0.29, 0.717) is 0 Å². The maximum absolute atomic E-state index is 2.36. The second-order valence-corrected chi connectivity index (χ2v) is 8.16. The molecule has 0 N–H and O–H groups in total. The smallest absolute Gasteiger partial charge is 0.00201 e. The Hall–Kier alpha value is -3.90. The molecule has 0 amide bonds. The van der Waals surface area contributed by atoms with E-state index in [-0.39, 0.29) is 0 Å². The van der Waals surface area contributed by atoms with E-state index in [9.17, 15) is 0 Å². The monoisotopic (exact) mass is 378 g/mol. The Morgan fingerprint density at radius 3 is 1.60 bits per heavy atom. The molecular weight excluding hydrogens is 360 g/mol. The molecule has 0 heterocycles. The molecule has 30 heavy (non-hydrogen) atoms. The summed E-state index contributed by atoms with van der Waals surface area (Å²) in [5, 5.41) is 7.91. The fourth-order valence-electron chi connectivity index (χ4n) is 5.24. The van der Waals surface area contributed by atoms with E-state index in [1.165, 1.54) is 65.7 Å². The van der Waals surface area contributed by atoms with Gasteiger partial charge in [0.05, 0.1) is 0 Å². The normalized spacial score (nSPS) is 12.0. The highest BCUT2D eigenvalue weighted by molar-refractivity contribution is 6.21. The molecule has 0 bridgehead atoms. The second-order valence-electron chi connectivity index (χ2n) is 8.16. The van der Waals surface area contributed by atoms with Gasteiger partial charge < -0.3 is 0 Å². The number of hydrogen-bond acceptors (Lipinski definition) is 0. The molecule has 0 heteroatoms. The van der Waals surface area contributed by atoms with Crippen LogP contribution in [0.3, 0.4) is 0 Å². The van der Waals surface area contributed by atoms with Gasteiger partial charge in [-0.1, -0.05) is 97.1 Å². The van der Waals surface area contributed by atoms with Crippen molar-refractivity contribution in [3.05, 3.63) is 109 Å². The van der Waals surface area contributed by atoms with Gasteiger partial charge in [-0.15, -0.1) is 0 Å². The highest BCUT2D eigenvalue weighted by Gasteiger charge is 2.23. The lowest BCUT2D eigenvalue weighted by Crippen LogP contribution is -1.85. The van der Waals surface area contributed by atoms with Crippen molar-refractivity contribution in [2.24, 2.45) is 0 Å². The lowest BCUT2D eigenvalue weighted by Gasteiger charge is -2.12. The van der Waals surface area contributed by atoms with E-state index in [1.807, 2.05) is 0 Å². The van der Waals surface area contributed by atoms with Crippen molar-refractivity contribution in [1.82, 2.24) is 0 Å². The summed E-state index contributed by atoms with van der Waals surface area (Å²) in [6, 6.07) is 40.1. The van der Waals surface area contributed by atoms with Crippen molar-refractivity contribution in [2.45, 2.75) is 0 Å². The van der Waals surface area contributed by atoms with Crippen LogP contribution in [0.1, 0.15) is 0 Å². The molecule has 6 aromatic rings. The Balaban J connectivity index is 1.58. The van der Waals surface area contributed by atoms with Gasteiger partial charge in [0.25, 0.3) is 0 Å². The third kappa shape index (κ3) is 2.06. The molecule has 0 radical (unpaired) electrons. The van der Waals surface area contributed by atoms with Crippen molar-refractivity contribution in [2.75, 3.05) is 0 Å². The first-order valence-corrected chi connectivity index (χ1v) is 10.5. The van der Waals surface area contributed by atoms with Crippen LogP contribution in [0.25, 0.3) is 65.7 Å². The van der Waals surface area contributed by atoms with Crippen LogP contribution in [0, 0.1) is 0 Å². The summed E-state index contributed by atoms with van der Waals surface area (Å²) in [5.41, 5.74) is 8.02. The lowest BCUT2D eigenvalue weighted by molar-refractivity contribution is 1.69. The molecule has 138 valence electrons. The van der Waals surface area contributed by atoms with Gasteiger partial charge in [0, 0.05) is 0 Å². The molecular formula is C30H18. The molecule has 1 aliphatic carbocycles. The van der Waals surface area contributed by atoms with Crippen molar-refractivity contribution < 1.29 is 0 Å². The van der Waals surface area contributed by atoms with Crippen LogP contribution in [-0.2, 0) is 0 Å². The fraction of sp³-hybridized carbons (Fsp3) is 0. The predicted molar refractivity (Wildman–Crippen MR) is 129 cm³/mol. The lowest BCUT2D eigenvalue weighted by atomic mass is 9.91. The summed E-state index contributed by atoms with van der Waals surface area (Å²) in [5.74, 6) is 0. The summed E-state index contributed by atoms with van der Waals surface area (Å²) in [7, 11) is 0. The van der Waals surface area contributed by atoms with Gasteiger partial charge >= 0.3 is 0 Å². The van der Waals surface area contributed by atoms with E-state index in [4.69, 9.17) is 0 Å². The fourth-order valence-corrected chi connectivity index (χ4v) is 5.24.